The second-order valence-corrected chi connectivity index (χ2v) is 8.11. The van der Waals surface area contributed by atoms with Crippen LogP contribution in [0.5, 0.6) is 0 Å². The van der Waals surface area contributed by atoms with Gasteiger partial charge in [0, 0.05) is 23.1 Å². The lowest BCUT2D eigenvalue weighted by Crippen LogP contribution is -2.49. The van der Waals surface area contributed by atoms with Crippen molar-refractivity contribution in [3.63, 3.8) is 0 Å². The van der Waals surface area contributed by atoms with Crippen LogP contribution < -0.4 is 11.1 Å². The molecule has 2 amide bonds. The van der Waals surface area contributed by atoms with Crippen molar-refractivity contribution in [3.05, 3.63) is 59.9 Å². The molecule has 5 rings (SSSR count). The molecule has 4 N–H and O–H groups in total. The fourth-order valence-corrected chi connectivity index (χ4v) is 3.52. The van der Waals surface area contributed by atoms with Gasteiger partial charge in [0.15, 0.2) is 0 Å². The van der Waals surface area contributed by atoms with Gasteiger partial charge in [-0.15, -0.1) is 0 Å². The van der Waals surface area contributed by atoms with Crippen molar-refractivity contribution in [2.45, 2.75) is 37.6 Å². The molecule has 31 heavy (non-hydrogen) atoms. The van der Waals surface area contributed by atoms with E-state index in [4.69, 9.17) is 5.73 Å². The first-order valence-corrected chi connectivity index (χ1v) is 10.1. The number of carbonyl (C=O) groups excluding carboxylic acids is 2. The summed E-state index contributed by atoms with van der Waals surface area (Å²) in [6, 6.07) is 9.50. The Morgan fingerprint density at radius 2 is 1.68 bits per heavy atom. The van der Waals surface area contributed by atoms with Gasteiger partial charge in [-0.05, 0) is 67.6 Å². The predicted octanol–water partition coefficient (Wildman–Crippen LogP) is 4.17. The molecule has 2 fully saturated rings. The zero-order valence-electron chi connectivity index (χ0n) is 16.7. The van der Waals surface area contributed by atoms with Crippen molar-refractivity contribution < 1.29 is 22.8 Å². The summed E-state index contributed by atoms with van der Waals surface area (Å²) in [7, 11) is 0. The summed E-state index contributed by atoms with van der Waals surface area (Å²) in [6.07, 6.45) is 4.46. The van der Waals surface area contributed by atoms with E-state index in [1.807, 2.05) is 0 Å². The first-order chi connectivity index (χ1) is 14.8. The zero-order chi connectivity index (χ0) is 22.2. The maximum absolute atomic E-state index is 13.5. The van der Waals surface area contributed by atoms with Gasteiger partial charge in [0.25, 0.3) is 0 Å². The Bertz CT molecular complexity index is 1130. The maximum Gasteiger partial charge on any atom is 0.243 e. The number of hydrogen-bond acceptors (Lipinski definition) is 2. The summed E-state index contributed by atoms with van der Waals surface area (Å²) in [5, 5.41) is 3.21. The van der Waals surface area contributed by atoms with E-state index >= 15 is 0 Å². The number of aromatic amines is 1. The number of hydrogen-bond donors (Lipinski definition) is 3. The molecule has 0 saturated heterocycles. The Hall–Kier alpha value is -3.29. The molecule has 0 radical (unpaired) electrons. The summed E-state index contributed by atoms with van der Waals surface area (Å²) in [5.74, 6) is -1.84. The van der Waals surface area contributed by atoms with E-state index in [0.717, 1.165) is 25.3 Å². The van der Waals surface area contributed by atoms with E-state index in [0.29, 0.717) is 29.5 Å². The number of nitrogens with two attached hydrogens (primary N) is 1. The lowest BCUT2D eigenvalue weighted by atomic mass is 9.84. The third-order valence-electron chi connectivity index (χ3n) is 5.86. The standard InChI is InChI=1S/C14H8F3N.C9H14N2O2/c15-10-3-1-8(2-4-10)13-6-9-5-11(16)7-12(17)14(9)18-13;10-8(13)9(4-5-9)11-7(12)6-2-1-3-6/h1-7,18H;6H,1-5H2,(H2,10,13)(H,11,12). The monoisotopic (exact) mass is 429 g/mol. The fourth-order valence-electron chi connectivity index (χ4n) is 3.52. The zero-order valence-corrected chi connectivity index (χ0v) is 16.7. The van der Waals surface area contributed by atoms with Crippen LogP contribution in [0.4, 0.5) is 13.2 Å². The van der Waals surface area contributed by atoms with Gasteiger partial charge in [0.05, 0.1) is 5.52 Å². The van der Waals surface area contributed by atoms with Crippen molar-refractivity contribution in [1.29, 1.82) is 0 Å². The Kier molecular flexibility index (Phi) is 5.47. The SMILES string of the molecule is Fc1ccc(-c2cc3cc(F)cc(F)c3[nH]2)cc1.NC(=O)C1(NC(=O)C2CCC2)CC1. The number of halogens is 3. The second-order valence-electron chi connectivity index (χ2n) is 8.11. The van der Waals surface area contributed by atoms with Crippen LogP contribution in [-0.4, -0.2) is 22.3 Å². The molecule has 2 aliphatic rings. The Balaban J connectivity index is 0.000000158. The molecule has 1 heterocycles. The highest BCUT2D eigenvalue weighted by Gasteiger charge is 2.50. The first kappa shape index (κ1) is 21.0. The Morgan fingerprint density at radius 1 is 1.00 bits per heavy atom. The molecule has 3 aromatic rings. The molecule has 0 spiro atoms. The van der Waals surface area contributed by atoms with Crippen LogP contribution in [0.15, 0.2) is 42.5 Å². The van der Waals surface area contributed by atoms with Gasteiger partial charge in [-0.3, -0.25) is 9.59 Å². The van der Waals surface area contributed by atoms with Crippen molar-refractivity contribution in [1.82, 2.24) is 10.3 Å². The van der Waals surface area contributed by atoms with Gasteiger partial charge in [0.2, 0.25) is 11.8 Å². The van der Waals surface area contributed by atoms with Gasteiger partial charge >= 0.3 is 0 Å². The summed E-state index contributed by atoms with van der Waals surface area (Å²) in [5.41, 5.74) is 6.09. The van der Waals surface area contributed by atoms with E-state index < -0.39 is 17.2 Å². The molecule has 0 atom stereocenters. The van der Waals surface area contributed by atoms with Crippen molar-refractivity contribution in [2.75, 3.05) is 0 Å². The number of fused-ring (bicyclic) bond motifs is 1. The number of nitrogens with one attached hydrogen (secondary N) is 2. The molecule has 2 saturated carbocycles. The number of amides is 2. The van der Waals surface area contributed by atoms with Crippen LogP contribution in [0.25, 0.3) is 22.2 Å². The molecular weight excluding hydrogens is 407 g/mol. The molecule has 5 nitrogen and oxygen atoms in total. The quantitative estimate of drug-likeness (QED) is 0.581. The van der Waals surface area contributed by atoms with Crippen LogP contribution in [0, 0.1) is 23.4 Å². The average molecular weight is 429 g/mol. The third kappa shape index (κ3) is 4.42. The van der Waals surface area contributed by atoms with Crippen molar-refractivity contribution >= 4 is 22.7 Å². The molecule has 2 aliphatic carbocycles. The molecule has 8 heteroatoms. The third-order valence-corrected chi connectivity index (χ3v) is 5.86. The molecule has 0 bridgehead atoms. The minimum absolute atomic E-state index is 0.0163. The second kappa shape index (κ2) is 8.09. The van der Waals surface area contributed by atoms with Gasteiger partial charge < -0.3 is 16.0 Å². The normalized spacial score (nSPS) is 16.7. The number of primary amides is 1. The van der Waals surface area contributed by atoms with Crippen LogP contribution in [0.2, 0.25) is 0 Å². The molecular formula is C23H22F3N3O2. The van der Waals surface area contributed by atoms with Crippen LogP contribution in [0.3, 0.4) is 0 Å². The number of rotatable bonds is 4. The Labute approximate surface area is 176 Å². The minimum atomic E-state index is -0.674. The summed E-state index contributed by atoms with van der Waals surface area (Å²) in [4.78, 5) is 25.3. The molecule has 0 aliphatic heterocycles. The topological polar surface area (TPSA) is 88.0 Å². The number of aromatic nitrogens is 1. The largest absolute Gasteiger partial charge is 0.368 e. The van der Waals surface area contributed by atoms with Gasteiger partial charge in [-0.25, -0.2) is 13.2 Å². The highest BCUT2D eigenvalue weighted by atomic mass is 19.1. The molecule has 2 aromatic carbocycles. The van der Waals surface area contributed by atoms with E-state index in [1.54, 1.807) is 18.2 Å². The fraction of sp³-hybridized carbons (Fsp3) is 0.304. The lowest BCUT2D eigenvalue weighted by Gasteiger charge is -2.26. The van der Waals surface area contributed by atoms with Crippen molar-refractivity contribution in [3.8, 4) is 11.3 Å². The maximum atomic E-state index is 13.5. The number of benzene rings is 2. The Morgan fingerprint density at radius 3 is 2.23 bits per heavy atom. The molecule has 162 valence electrons. The average Bonchev–Trinajstić information content (AvgIpc) is 3.32. The first-order valence-electron chi connectivity index (χ1n) is 10.1. The van der Waals surface area contributed by atoms with E-state index in [1.165, 1.54) is 18.2 Å². The lowest BCUT2D eigenvalue weighted by molar-refractivity contribution is -0.132. The van der Waals surface area contributed by atoms with E-state index in [9.17, 15) is 22.8 Å². The molecule has 0 unspecified atom stereocenters. The molecule has 1 aromatic heterocycles. The van der Waals surface area contributed by atoms with Gasteiger partial charge in [-0.1, -0.05) is 6.42 Å². The predicted molar refractivity (Wildman–Crippen MR) is 110 cm³/mol. The van der Waals surface area contributed by atoms with Crippen molar-refractivity contribution in [2.24, 2.45) is 11.7 Å². The summed E-state index contributed by atoms with van der Waals surface area (Å²) >= 11 is 0. The number of H-pyrrole nitrogens is 1. The van der Waals surface area contributed by atoms with Crippen LogP contribution >= 0.6 is 0 Å². The number of carbonyl (C=O) groups is 2. The highest BCUT2D eigenvalue weighted by Crippen LogP contribution is 2.36. The smallest absolute Gasteiger partial charge is 0.243 e. The highest BCUT2D eigenvalue weighted by molar-refractivity contribution is 5.93. The van der Waals surface area contributed by atoms with Gasteiger partial charge in [-0.2, -0.15) is 0 Å². The summed E-state index contributed by atoms with van der Waals surface area (Å²) in [6.45, 7) is 0. The van der Waals surface area contributed by atoms with E-state index in [-0.39, 0.29) is 29.1 Å². The van der Waals surface area contributed by atoms with Crippen LogP contribution in [-0.2, 0) is 9.59 Å². The van der Waals surface area contributed by atoms with E-state index in [2.05, 4.69) is 10.3 Å². The van der Waals surface area contributed by atoms with Gasteiger partial charge in [0.1, 0.15) is 23.0 Å². The minimum Gasteiger partial charge on any atom is -0.368 e. The summed E-state index contributed by atoms with van der Waals surface area (Å²) < 4.78 is 39.4. The van der Waals surface area contributed by atoms with Crippen LogP contribution in [0.1, 0.15) is 32.1 Å².